The van der Waals surface area contributed by atoms with E-state index in [4.69, 9.17) is 9.72 Å². The standard InChI is InChI=1S/C21H23N3O/c1-22-21-7-3-5-19-18(4-2-6-20(19)21)16-8-9-17(23-14-16)15-24-10-12-25-13-11-24/h2-9,14,22H,10-13,15H2,1H3. The molecule has 128 valence electrons. The Morgan fingerprint density at radius 2 is 1.80 bits per heavy atom. The van der Waals surface area contributed by atoms with Crippen LogP contribution >= 0.6 is 0 Å². The van der Waals surface area contributed by atoms with Gasteiger partial charge in [-0.25, -0.2) is 0 Å². The maximum absolute atomic E-state index is 5.41. The van der Waals surface area contributed by atoms with Gasteiger partial charge in [0.15, 0.2) is 0 Å². The number of pyridine rings is 1. The highest BCUT2D eigenvalue weighted by Gasteiger charge is 2.12. The average Bonchev–Trinajstić information content (AvgIpc) is 2.68. The Morgan fingerprint density at radius 3 is 2.56 bits per heavy atom. The molecule has 2 heterocycles. The number of aromatic nitrogens is 1. The smallest absolute Gasteiger partial charge is 0.0594 e. The first-order chi connectivity index (χ1) is 12.3. The Hall–Kier alpha value is -2.43. The third-order valence-electron chi connectivity index (χ3n) is 4.82. The van der Waals surface area contributed by atoms with Crippen LogP contribution in [0.5, 0.6) is 0 Å². The minimum Gasteiger partial charge on any atom is -0.388 e. The van der Waals surface area contributed by atoms with Crippen LogP contribution in [0.3, 0.4) is 0 Å². The van der Waals surface area contributed by atoms with Crippen molar-refractivity contribution in [1.82, 2.24) is 9.88 Å². The first-order valence-electron chi connectivity index (χ1n) is 8.80. The maximum atomic E-state index is 5.41. The predicted octanol–water partition coefficient (Wildman–Crippen LogP) is 3.78. The molecule has 1 aliphatic heterocycles. The van der Waals surface area contributed by atoms with E-state index in [9.17, 15) is 0 Å². The van der Waals surface area contributed by atoms with Crippen molar-refractivity contribution in [2.75, 3.05) is 38.7 Å². The van der Waals surface area contributed by atoms with Crippen molar-refractivity contribution in [2.24, 2.45) is 0 Å². The Morgan fingerprint density at radius 1 is 1.00 bits per heavy atom. The van der Waals surface area contributed by atoms with Gasteiger partial charge in [0.05, 0.1) is 18.9 Å². The summed E-state index contributed by atoms with van der Waals surface area (Å²) in [6.45, 7) is 4.51. The number of nitrogens with one attached hydrogen (secondary N) is 1. The summed E-state index contributed by atoms with van der Waals surface area (Å²) >= 11 is 0. The zero-order valence-electron chi connectivity index (χ0n) is 14.5. The van der Waals surface area contributed by atoms with Crippen molar-refractivity contribution in [1.29, 1.82) is 0 Å². The molecule has 0 bridgehead atoms. The molecule has 4 nitrogen and oxygen atoms in total. The Kier molecular flexibility index (Phi) is 4.63. The van der Waals surface area contributed by atoms with Crippen LogP contribution in [0.2, 0.25) is 0 Å². The molecule has 1 fully saturated rings. The lowest BCUT2D eigenvalue weighted by Crippen LogP contribution is -2.35. The van der Waals surface area contributed by atoms with Crippen molar-refractivity contribution >= 4 is 16.5 Å². The Bertz CT molecular complexity index is 855. The lowest BCUT2D eigenvalue weighted by atomic mass is 9.98. The summed E-state index contributed by atoms with van der Waals surface area (Å²) < 4.78 is 5.41. The quantitative estimate of drug-likeness (QED) is 0.788. The van der Waals surface area contributed by atoms with Gasteiger partial charge in [-0.1, -0.05) is 36.4 Å². The zero-order chi connectivity index (χ0) is 17.1. The fourth-order valence-electron chi connectivity index (χ4n) is 3.45. The highest BCUT2D eigenvalue weighted by Crippen LogP contribution is 2.32. The number of benzene rings is 2. The van der Waals surface area contributed by atoms with Crippen molar-refractivity contribution in [3.63, 3.8) is 0 Å². The van der Waals surface area contributed by atoms with Crippen LogP contribution in [0, 0.1) is 0 Å². The van der Waals surface area contributed by atoms with E-state index in [1.807, 2.05) is 13.2 Å². The summed E-state index contributed by atoms with van der Waals surface area (Å²) in [6, 6.07) is 17.1. The largest absolute Gasteiger partial charge is 0.388 e. The number of morpholine rings is 1. The summed E-state index contributed by atoms with van der Waals surface area (Å²) in [7, 11) is 1.96. The van der Waals surface area contributed by atoms with E-state index < -0.39 is 0 Å². The molecule has 0 atom stereocenters. The van der Waals surface area contributed by atoms with Gasteiger partial charge in [0.25, 0.3) is 0 Å². The molecule has 1 aromatic heterocycles. The van der Waals surface area contributed by atoms with Crippen LogP contribution in [-0.2, 0) is 11.3 Å². The minimum atomic E-state index is 0.821. The summed E-state index contributed by atoms with van der Waals surface area (Å²) in [5, 5.41) is 5.76. The van der Waals surface area contributed by atoms with E-state index in [1.165, 1.54) is 16.3 Å². The Labute approximate surface area is 148 Å². The lowest BCUT2D eigenvalue weighted by Gasteiger charge is -2.26. The van der Waals surface area contributed by atoms with E-state index in [1.54, 1.807) is 0 Å². The molecule has 25 heavy (non-hydrogen) atoms. The second kappa shape index (κ2) is 7.21. The van der Waals surface area contributed by atoms with Crippen molar-refractivity contribution in [2.45, 2.75) is 6.54 Å². The molecule has 1 saturated heterocycles. The van der Waals surface area contributed by atoms with Crippen LogP contribution in [0.25, 0.3) is 21.9 Å². The lowest BCUT2D eigenvalue weighted by molar-refractivity contribution is 0.0336. The van der Waals surface area contributed by atoms with Crippen LogP contribution in [0.15, 0.2) is 54.7 Å². The molecule has 0 amide bonds. The highest BCUT2D eigenvalue weighted by molar-refractivity contribution is 6.02. The molecule has 2 aromatic carbocycles. The van der Waals surface area contributed by atoms with Gasteiger partial charge in [-0.15, -0.1) is 0 Å². The molecule has 3 aromatic rings. The molecule has 0 spiro atoms. The van der Waals surface area contributed by atoms with E-state index >= 15 is 0 Å². The molecule has 4 heteroatoms. The van der Waals surface area contributed by atoms with Gasteiger partial charge in [-0.05, 0) is 23.1 Å². The number of fused-ring (bicyclic) bond motifs is 1. The molecule has 0 aliphatic carbocycles. The first kappa shape index (κ1) is 16.1. The number of hydrogen-bond donors (Lipinski definition) is 1. The van der Waals surface area contributed by atoms with Crippen molar-refractivity contribution in [3.8, 4) is 11.1 Å². The van der Waals surface area contributed by atoms with Gasteiger partial charge in [-0.2, -0.15) is 0 Å². The number of hydrogen-bond acceptors (Lipinski definition) is 4. The zero-order valence-corrected chi connectivity index (χ0v) is 14.5. The summed E-state index contributed by atoms with van der Waals surface area (Å²) in [5.41, 5.74) is 4.64. The van der Waals surface area contributed by atoms with Gasteiger partial charge >= 0.3 is 0 Å². The summed E-state index contributed by atoms with van der Waals surface area (Å²) in [6.07, 6.45) is 2.00. The number of nitrogens with zero attached hydrogens (tertiary/aromatic N) is 2. The van der Waals surface area contributed by atoms with E-state index in [0.717, 1.165) is 49.8 Å². The van der Waals surface area contributed by atoms with Gasteiger partial charge in [0.2, 0.25) is 0 Å². The number of ether oxygens (including phenoxy) is 1. The first-order valence-corrected chi connectivity index (χ1v) is 8.80. The summed E-state index contributed by atoms with van der Waals surface area (Å²) in [4.78, 5) is 7.09. The molecular weight excluding hydrogens is 310 g/mol. The molecule has 0 saturated carbocycles. The number of anilines is 1. The van der Waals surface area contributed by atoms with E-state index in [0.29, 0.717) is 0 Å². The monoisotopic (exact) mass is 333 g/mol. The summed E-state index contributed by atoms with van der Waals surface area (Å²) in [5.74, 6) is 0. The molecule has 1 aliphatic rings. The van der Waals surface area contributed by atoms with Crippen molar-refractivity contribution < 1.29 is 4.74 Å². The van der Waals surface area contributed by atoms with E-state index in [2.05, 4.69) is 58.7 Å². The van der Waals surface area contributed by atoms with Gasteiger partial charge in [0.1, 0.15) is 0 Å². The van der Waals surface area contributed by atoms with Crippen LogP contribution in [-0.4, -0.2) is 43.2 Å². The van der Waals surface area contributed by atoms with E-state index in [-0.39, 0.29) is 0 Å². The van der Waals surface area contributed by atoms with Crippen LogP contribution in [0.1, 0.15) is 5.69 Å². The fourth-order valence-corrected chi connectivity index (χ4v) is 3.45. The molecular formula is C21H23N3O. The maximum Gasteiger partial charge on any atom is 0.0594 e. The average molecular weight is 333 g/mol. The molecule has 1 N–H and O–H groups in total. The molecule has 0 unspecified atom stereocenters. The molecule has 4 rings (SSSR count). The third kappa shape index (κ3) is 3.36. The highest BCUT2D eigenvalue weighted by atomic mass is 16.5. The fraction of sp³-hybridized carbons (Fsp3) is 0.286. The van der Waals surface area contributed by atoms with Crippen molar-refractivity contribution in [3.05, 3.63) is 60.4 Å². The van der Waals surface area contributed by atoms with Crippen LogP contribution < -0.4 is 5.32 Å². The topological polar surface area (TPSA) is 37.4 Å². The van der Waals surface area contributed by atoms with Gasteiger partial charge in [-0.3, -0.25) is 9.88 Å². The van der Waals surface area contributed by atoms with Crippen LogP contribution in [0.4, 0.5) is 5.69 Å². The molecule has 0 radical (unpaired) electrons. The second-order valence-corrected chi connectivity index (χ2v) is 6.38. The normalized spacial score (nSPS) is 15.4. The second-order valence-electron chi connectivity index (χ2n) is 6.38. The van der Waals surface area contributed by atoms with Gasteiger partial charge in [0, 0.05) is 49.5 Å². The predicted molar refractivity (Wildman–Crippen MR) is 103 cm³/mol. The SMILES string of the molecule is CNc1cccc2c(-c3ccc(CN4CCOCC4)nc3)cccc12. The Balaban J connectivity index is 1.63. The minimum absolute atomic E-state index is 0.821. The van der Waals surface area contributed by atoms with Gasteiger partial charge < -0.3 is 10.1 Å². The number of rotatable bonds is 4. The third-order valence-corrected chi connectivity index (χ3v) is 4.82.